The van der Waals surface area contributed by atoms with E-state index in [1.54, 1.807) is 0 Å². The van der Waals surface area contributed by atoms with Gasteiger partial charge in [0.15, 0.2) is 5.78 Å². The standard InChI is InChI=1S/C10H13NO/c1-2-9(12)10(11)8-6-4-3-5-7-8/h3-7,10H,2,11H2,1H3. The lowest BCUT2D eigenvalue weighted by Gasteiger charge is -2.08. The van der Waals surface area contributed by atoms with Crippen molar-refractivity contribution >= 4 is 5.78 Å². The van der Waals surface area contributed by atoms with Crippen LogP contribution in [0, 0.1) is 0 Å². The van der Waals surface area contributed by atoms with Crippen LogP contribution in [0.15, 0.2) is 30.3 Å². The summed E-state index contributed by atoms with van der Waals surface area (Å²) in [6.45, 7) is 1.82. The molecule has 0 fully saturated rings. The van der Waals surface area contributed by atoms with Gasteiger partial charge in [0.25, 0.3) is 0 Å². The summed E-state index contributed by atoms with van der Waals surface area (Å²) in [5, 5.41) is 0. The highest BCUT2D eigenvalue weighted by Crippen LogP contribution is 2.11. The number of rotatable bonds is 3. The SMILES string of the molecule is CCC(=O)C(N)c1ccccc1. The van der Waals surface area contributed by atoms with Gasteiger partial charge >= 0.3 is 0 Å². The first-order valence-corrected chi connectivity index (χ1v) is 4.09. The highest BCUT2D eigenvalue weighted by molar-refractivity contribution is 5.84. The van der Waals surface area contributed by atoms with E-state index in [9.17, 15) is 4.79 Å². The third-order valence-electron chi connectivity index (χ3n) is 1.85. The van der Waals surface area contributed by atoms with E-state index in [-0.39, 0.29) is 5.78 Å². The third-order valence-corrected chi connectivity index (χ3v) is 1.85. The molecule has 0 aliphatic carbocycles. The van der Waals surface area contributed by atoms with Crippen molar-refractivity contribution in [1.82, 2.24) is 0 Å². The van der Waals surface area contributed by atoms with Gasteiger partial charge in [-0.15, -0.1) is 0 Å². The molecule has 12 heavy (non-hydrogen) atoms. The van der Waals surface area contributed by atoms with Gasteiger partial charge in [-0.1, -0.05) is 37.3 Å². The Balaban J connectivity index is 2.78. The number of carbonyl (C=O) groups is 1. The fourth-order valence-corrected chi connectivity index (χ4v) is 1.07. The first-order chi connectivity index (χ1) is 5.75. The zero-order chi connectivity index (χ0) is 8.97. The van der Waals surface area contributed by atoms with E-state index < -0.39 is 6.04 Å². The minimum atomic E-state index is -0.448. The van der Waals surface area contributed by atoms with E-state index in [0.29, 0.717) is 6.42 Å². The van der Waals surface area contributed by atoms with Crippen molar-refractivity contribution in [2.75, 3.05) is 0 Å². The highest BCUT2D eigenvalue weighted by atomic mass is 16.1. The second kappa shape index (κ2) is 4.02. The quantitative estimate of drug-likeness (QED) is 0.736. The Bertz CT molecular complexity index is 256. The maximum absolute atomic E-state index is 11.2. The van der Waals surface area contributed by atoms with Gasteiger partial charge in [-0.2, -0.15) is 0 Å². The monoisotopic (exact) mass is 163 g/mol. The molecule has 1 atom stereocenters. The predicted octanol–water partition coefficient (Wildman–Crippen LogP) is 1.67. The van der Waals surface area contributed by atoms with Gasteiger partial charge in [-0.25, -0.2) is 0 Å². The molecule has 0 saturated heterocycles. The van der Waals surface area contributed by atoms with Crippen LogP contribution in [0.1, 0.15) is 24.9 Å². The first kappa shape index (κ1) is 8.94. The van der Waals surface area contributed by atoms with E-state index in [1.807, 2.05) is 37.3 Å². The molecule has 0 aromatic heterocycles. The van der Waals surface area contributed by atoms with Crippen LogP contribution in [-0.4, -0.2) is 5.78 Å². The van der Waals surface area contributed by atoms with Crippen molar-refractivity contribution in [1.29, 1.82) is 0 Å². The molecular formula is C10H13NO. The molecule has 0 aliphatic heterocycles. The largest absolute Gasteiger partial charge is 0.318 e. The van der Waals surface area contributed by atoms with E-state index in [2.05, 4.69) is 0 Å². The van der Waals surface area contributed by atoms with Crippen LogP contribution >= 0.6 is 0 Å². The number of Topliss-reactive ketones (excluding diaryl/α,β-unsaturated/α-hetero) is 1. The van der Waals surface area contributed by atoms with E-state index in [1.165, 1.54) is 0 Å². The van der Waals surface area contributed by atoms with Crippen LogP contribution in [0.5, 0.6) is 0 Å². The molecule has 1 rings (SSSR count). The molecule has 0 saturated carbocycles. The molecule has 1 aromatic carbocycles. The number of hydrogen-bond donors (Lipinski definition) is 1. The minimum Gasteiger partial charge on any atom is -0.318 e. The summed E-state index contributed by atoms with van der Waals surface area (Å²) < 4.78 is 0. The summed E-state index contributed by atoms with van der Waals surface area (Å²) in [6.07, 6.45) is 0.496. The predicted molar refractivity (Wildman–Crippen MR) is 48.7 cm³/mol. The van der Waals surface area contributed by atoms with Crippen LogP contribution < -0.4 is 5.73 Å². The highest BCUT2D eigenvalue weighted by Gasteiger charge is 2.12. The molecule has 0 spiro atoms. The molecule has 0 radical (unpaired) electrons. The van der Waals surface area contributed by atoms with Crippen LogP contribution in [0.2, 0.25) is 0 Å². The molecule has 0 bridgehead atoms. The number of benzene rings is 1. The number of nitrogens with two attached hydrogens (primary N) is 1. The van der Waals surface area contributed by atoms with Crippen molar-refractivity contribution in [3.63, 3.8) is 0 Å². The first-order valence-electron chi connectivity index (χ1n) is 4.09. The van der Waals surface area contributed by atoms with Gasteiger partial charge in [-0.05, 0) is 5.56 Å². The zero-order valence-corrected chi connectivity index (χ0v) is 7.16. The van der Waals surface area contributed by atoms with Crippen molar-refractivity contribution in [2.45, 2.75) is 19.4 Å². The van der Waals surface area contributed by atoms with Gasteiger partial charge < -0.3 is 5.73 Å². The maximum Gasteiger partial charge on any atom is 0.153 e. The molecule has 1 aromatic rings. The lowest BCUT2D eigenvalue weighted by atomic mass is 10.0. The van der Waals surface area contributed by atoms with E-state index in [0.717, 1.165) is 5.56 Å². The van der Waals surface area contributed by atoms with Gasteiger partial charge in [0.1, 0.15) is 0 Å². The lowest BCUT2D eigenvalue weighted by molar-refractivity contribution is -0.120. The van der Waals surface area contributed by atoms with Gasteiger partial charge in [0, 0.05) is 6.42 Å². The lowest BCUT2D eigenvalue weighted by Crippen LogP contribution is -2.20. The van der Waals surface area contributed by atoms with Crippen LogP contribution in [0.4, 0.5) is 0 Å². The molecule has 2 nitrogen and oxygen atoms in total. The summed E-state index contributed by atoms with van der Waals surface area (Å²) in [6, 6.07) is 8.98. The summed E-state index contributed by atoms with van der Waals surface area (Å²) in [5.74, 6) is 0.0844. The number of hydrogen-bond acceptors (Lipinski definition) is 2. The van der Waals surface area contributed by atoms with Crippen molar-refractivity contribution in [3.05, 3.63) is 35.9 Å². The fraction of sp³-hybridized carbons (Fsp3) is 0.300. The molecule has 0 amide bonds. The van der Waals surface area contributed by atoms with E-state index >= 15 is 0 Å². The average Bonchev–Trinajstić information content (AvgIpc) is 2.17. The third kappa shape index (κ3) is 1.92. The Morgan fingerprint density at radius 1 is 1.42 bits per heavy atom. The van der Waals surface area contributed by atoms with Gasteiger partial charge in [-0.3, -0.25) is 4.79 Å². The Hall–Kier alpha value is -1.15. The number of ketones is 1. The fourth-order valence-electron chi connectivity index (χ4n) is 1.07. The topological polar surface area (TPSA) is 43.1 Å². The molecule has 0 heterocycles. The van der Waals surface area contributed by atoms with Crippen molar-refractivity contribution in [3.8, 4) is 0 Å². The maximum atomic E-state index is 11.2. The van der Waals surface area contributed by atoms with Crippen LogP contribution in [-0.2, 0) is 4.79 Å². The minimum absolute atomic E-state index is 0.0844. The Kier molecular flexibility index (Phi) is 3.00. The second-order valence-corrected chi connectivity index (χ2v) is 2.71. The Morgan fingerprint density at radius 2 is 2.00 bits per heavy atom. The zero-order valence-electron chi connectivity index (χ0n) is 7.16. The normalized spacial score (nSPS) is 12.5. The molecule has 2 heteroatoms. The summed E-state index contributed by atoms with van der Waals surface area (Å²) in [5.41, 5.74) is 6.59. The molecule has 1 unspecified atom stereocenters. The molecule has 64 valence electrons. The molecule has 2 N–H and O–H groups in total. The van der Waals surface area contributed by atoms with Crippen LogP contribution in [0.3, 0.4) is 0 Å². The smallest absolute Gasteiger partial charge is 0.153 e. The molecular weight excluding hydrogens is 150 g/mol. The summed E-state index contributed by atoms with van der Waals surface area (Å²) in [4.78, 5) is 11.2. The second-order valence-electron chi connectivity index (χ2n) is 2.71. The van der Waals surface area contributed by atoms with Gasteiger partial charge in [0.05, 0.1) is 6.04 Å². The Morgan fingerprint density at radius 3 is 2.50 bits per heavy atom. The Labute approximate surface area is 72.4 Å². The summed E-state index contributed by atoms with van der Waals surface area (Å²) >= 11 is 0. The van der Waals surface area contributed by atoms with Crippen molar-refractivity contribution in [2.24, 2.45) is 5.73 Å². The van der Waals surface area contributed by atoms with Crippen LogP contribution in [0.25, 0.3) is 0 Å². The molecule has 0 aliphatic rings. The van der Waals surface area contributed by atoms with E-state index in [4.69, 9.17) is 5.73 Å². The number of carbonyl (C=O) groups excluding carboxylic acids is 1. The average molecular weight is 163 g/mol. The summed E-state index contributed by atoms with van der Waals surface area (Å²) in [7, 11) is 0. The van der Waals surface area contributed by atoms with Gasteiger partial charge in [0.2, 0.25) is 0 Å². The van der Waals surface area contributed by atoms with Crippen molar-refractivity contribution < 1.29 is 4.79 Å².